The van der Waals surface area contributed by atoms with Crippen molar-refractivity contribution in [2.45, 2.75) is 18.9 Å². The smallest absolute Gasteiger partial charge is 0.260 e. The van der Waals surface area contributed by atoms with E-state index in [0.717, 1.165) is 17.5 Å². The number of carbonyl (C=O) groups is 1. The number of hydrogen-bond donors (Lipinski definition) is 0. The molecule has 0 aliphatic carbocycles. The summed E-state index contributed by atoms with van der Waals surface area (Å²) in [6.45, 7) is 1.04. The highest BCUT2D eigenvalue weighted by Crippen LogP contribution is 2.42. The minimum atomic E-state index is -0.258. The minimum absolute atomic E-state index is 0.0817. The Kier molecular flexibility index (Phi) is 7.28. The lowest BCUT2D eigenvalue weighted by Gasteiger charge is -2.24. The number of methoxy groups -OCH3 is 5. The van der Waals surface area contributed by atoms with Crippen molar-refractivity contribution in [3.63, 3.8) is 0 Å². The number of rotatable bonds is 9. The molecule has 182 valence electrons. The zero-order valence-electron chi connectivity index (χ0n) is 19.9. The molecule has 0 bridgehead atoms. The molecule has 0 spiro atoms. The molecule has 1 aromatic heterocycles. The van der Waals surface area contributed by atoms with E-state index in [1.807, 2.05) is 6.07 Å². The number of fused-ring (bicyclic) bond motifs is 1. The van der Waals surface area contributed by atoms with Crippen LogP contribution >= 0.6 is 11.3 Å². The second kappa shape index (κ2) is 10.4. The summed E-state index contributed by atoms with van der Waals surface area (Å²) < 4.78 is 34.0. The number of thiazole rings is 1. The monoisotopic (exact) mass is 488 g/mol. The van der Waals surface area contributed by atoms with Crippen LogP contribution in [-0.4, -0.2) is 65.7 Å². The average molecular weight is 489 g/mol. The number of aromatic nitrogens is 1. The number of nitrogens with zero attached hydrogens (tertiary/aromatic N) is 2. The van der Waals surface area contributed by atoms with Crippen molar-refractivity contribution in [3.8, 4) is 28.7 Å². The molecule has 0 radical (unpaired) electrons. The molecule has 1 amide bonds. The van der Waals surface area contributed by atoms with Crippen molar-refractivity contribution in [2.24, 2.45) is 0 Å². The maximum atomic E-state index is 13.9. The van der Waals surface area contributed by atoms with Crippen LogP contribution in [0.15, 0.2) is 24.3 Å². The molecule has 0 saturated carbocycles. The first kappa shape index (κ1) is 23.9. The van der Waals surface area contributed by atoms with Crippen LogP contribution in [0.2, 0.25) is 0 Å². The van der Waals surface area contributed by atoms with Gasteiger partial charge in [0.05, 0.1) is 48.2 Å². The van der Waals surface area contributed by atoms with Crippen molar-refractivity contribution < 1.29 is 33.2 Å². The lowest BCUT2D eigenvalue weighted by atomic mass is 10.1. The van der Waals surface area contributed by atoms with E-state index >= 15 is 0 Å². The molecule has 1 aliphatic rings. The van der Waals surface area contributed by atoms with Crippen molar-refractivity contribution in [1.82, 2.24) is 4.98 Å². The van der Waals surface area contributed by atoms with Gasteiger partial charge in [0.15, 0.2) is 16.6 Å². The minimum Gasteiger partial charge on any atom is -0.495 e. The molecule has 1 atom stereocenters. The Hall–Kier alpha value is -3.24. The highest BCUT2D eigenvalue weighted by molar-refractivity contribution is 7.22. The Bertz CT molecular complexity index is 1110. The molecule has 1 fully saturated rings. The largest absolute Gasteiger partial charge is 0.495 e. The number of carbonyl (C=O) groups excluding carboxylic acids is 1. The molecule has 3 aromatic rings. The summed E-state index contributed by atoms with van der Waals surface area (Å²) in [7, 11) is 7.74. The summed E-state index contributed by atoms with van der Waals surface area (Å²) in [5, 5.41) is 0.520. The van der Waals surface area contributed by atoms with Crippen LogP contribution in [-0.2, 0) is 4.74 Å². The van der Waals surface area contributed by atoms with Crippen LogP contribution in [0.1, 0.15) is 23.2 Å². The third kappa shape index (κ3) is 4.43. The van der Waals surface area contributed by atoms with Crippen LogP contribution in [0.3, 0.4) is 0 Å². The Labute approximate surface area is 202 Å². The average Bonchev–Trinajstić information content (AvgIpc) is 3.55. The van der Waals surface area contributed by atoms with Gasteiger partial charge in [-0.05, 0) is 37.1 Å². The Morgan fingerprint density at radius 3 is 2.21 bits per heavy atom. The molecule has 1 aliphatic heterocycles. The summed E-state index contributed by atoms with van der Waals surface area (Å²) in [5.41, 5.74) is 1.02. The van der Waals surface area contributed by atoms with Gasteiger partial charge in [0.2, 0.25) is 5.75 Å². The van der Waals surface area contributed by atoms with Gasteiger partial charge in [0.1, 0.15) is 21.7 Å². The fourth-order valence-corrected chi connectivity index (χ4v) is 5.07. The summed E-state index contributed by atoms with van der Waals surface area (Å²) in [6, 6.07) is 6.91. The van der Waals surface area contributed by atoms with E-state index in [4.69, 9.17) is 33.4 Å². The van der Waals surface area contributed by atoms with E-state index in [1.165, 1.54) is 32.7 Å². The third-order valence-corrected chi connectivity index (χ3v) is 6.79. The first-order valence-corrected chi connectivity index (χ1v) is 11.6. The van der Waals surface area contributed by atoms with Crippen LogP contribution in [0, 0.1) is 0 Å². The van der Waals surface area contributed by atoms with Gasteiger partial charge in [0.25, 0.3) is 5.91 Å². The van der Waals surface area contributed by atoms with Gasteiger partial charge in [-0.2, -0.15) is 0 Å². The van der Waals surface area contributed by atoms with Crippen molar-refractivity contribution in [1.29, 1.82) is 0 Å². The van der Waals surface area contributed by atoms with Gasteiger partial charge in [-0.25, -0.2) is 4.98 Å². The fourth-order valence-electron chi connectivity index (χ4n) is 3.99. The van der Waals surface area contributed by atoms with Crippen molar-refractivity contribution in [2.75, 3.05) is 53.6 Å². The lowest BCUT2D eigenvalue weighted by molar-refractivity contribution is 0.0917. The third-order valence-electron chi connectivity index (χ3n) is 5.70. The van der Waals surface area contributed by atoms with Crippen molar-refractivity contribution in [3.05, 3.63) is 29.8 Å². The molecule has 9 nitrogen and oxygen atoms in total. The molecular formula is C24H28N2O7S. The number of anilines is 1. The molecule has 1 saturated heterocycles. The first-order valence-electron chi connectivity index (χ1n) is 10.8. The highest BCUT2D eigenvalue weighted by atomic mass is 32.1. The Morgan fingerprint density at radius 2 is 1.65 bits per heavy atom. The molecule has 4 rings (SSSR count). The van der Waals surface area contributed by atoms with Gasteiger partial charge >= 0.3 is 0 Å². The van der Waals surface area contributed by atoms with Gasteiger partial charge in [-0.3, -0.25) is 9.69 Å². The number of hydrogen-bond acceptors (Lipinski definition) is 9. The predicted molar refractivity (Wildman–Crippen MR) is 129 cm³/mol. The highest BCUT2D eigenvalue weighted by Gasteiger charge is 2.29. The maximum absolute atomic E-state index is 13.9. The van der Waals surface area contributed by atoms with E-state index in [-0.39, 0.29) is 12.0 Å². The number of benzene rings is 2. The Morgan fingerprint density at radius 1 is 1.00 bits per heavy atom. The van der Waals surface area contributed by atoms with E-state index in [1.54, 1.807) is 37.3 Å². The molecular weight excluding hydrogens is 460 g/mol. The summed E-state index contributed by atoms with van der Waals surface area (Å²) in [5.74, 6) is 2.23. The molecule has 2 aromatic carbocycles. The zero-order chi connectivity index (χ0) is 24.2. The molecule has 1 unspecified atom stereocenters. The summed E-state index contributed by atoms with van der Waals surface area (Å²) in [4.78, 5) is 20.3. The SMILES string of the molecule is COc1cc(C(=O)N(CC2CCCO2)c2nc3c(OC)ccc(OC)c3s2)cc(OC)c1OC. The molecule has 34 heavy (non-hydrogen) atoms. The molecule has 0 N–H and O–H groups in total. The topological polar surface area (TPSA) is 88.6 Å². The normalized spacial score (nSPS) is 15.3. The maximum Gasteiger partial charge on any atom is 0.260 e. The van der Waals surface area contributed by atoms with Crippen LogP contribution in [0.5, 0.6) is 28.7 Å². The van der Waals surface area contributed by atoms with Crippen molar-refractivity contribution >= 4 is 32.6 Å². The quantitative estimate of drug-likeness (QED) is 0.444. The standard InChI is InChI=1S/C24H28N2O7S/c1-28-16-8-9-17(29-2)22-20(16)25-24(34-22)26(13-15-7-6-10-33-15)23(27)14-11-18(30-3)21(32-5)19(12-14)31-4/h8-9,11-12,15H,6-7,10,13H2,1-5H3. The van der Waals surface area contributed by atoms with Gasteiger partial charge < -0.3 is 28.4 Å². The van der Waals surface area contributed by atoms with Gasteiger partial charge in [-0.15, -0.1) is 0 Å². The van der Waals surface area contributed by atoms with E-state index in [9.17, 15) is 4.79 Å². The van der Waals surface area contributed by atoms with E-state index in [0.29, 0.717) is 58.1 Å². The van der Waals surface area contributed by atoms with Crippen LogP contribution in [0.4, 0.5) is 5.13 Å². The lowest BCUT2D eigenvalue weighted by Crippen LogP contribution is -2.37. The van der Waals surface area contributed by atoms with Gasteiger partial charge in [0, 0.05) is 12.2 Å². The van der Waals surface area contributed by atoms with E-state index in [2.05, 4.69) is 0 Å². The summed E-state index contributed by atoms with van der Waals surface area (Å²) in [6.07, 6.45) is 1.75. The number of ether oxygens (including phenoxy) is 6. The zero-order valence-corrected chi connectivity index (χ0v) is 20.7. The predicted octanol–water partition coefficient (Wildman–Crippen LogP) is 4.17. The number of amides is 1. The molecule has 2 heterocycles. The van der Waals surface area contributed by atoms with Crippen LogP contribution < -0.4 is 28.6 Å². The van der Waals surface area contributed by atoms with Crippen LogP contribution in [0.25, 0.3) is 10.2 Å². The first-order chi connectivity index (χ1) is 16.5. The molecule has 10 heteroatoms. The second-order valence-corrected chi connectivity index (χ2v) is 8.59. The fraction of sp³-hybridized carbons (Fsp3) is 0.417. The second-order valence-electron chi connectivity index (χ2n) is 7.61. The van der Waals surface area contributed by atoms with Gasteiger partial charge in [-0.1, -0.05) is 11.3 Å². The van der Waals surface area contributed by atoms with E-state index < -0.39 is 0 Å². The Balaban J connectivity index is 1.82. The summed E-state index contributed by atoms with van der Waals surface area (Å²) >= 11 is 1.37.